The molecule has 5 aromatic carbocycles. The fourth-order valence-electron chi connectivity index (χ4n) is 8.36. The Bertz CT molecular complexity index is 2550. The van der Waals surface area contributed by atoms with Gasteiger partial charge in [-0.3, -0.25) is 9.48 Å². The van der Waals surface area contributed by atoms with Crippen molar-refractivity contribution in [2.45, 2.75) is 64.3 Å². The second-order valence-electron chi connectivity index (χ2n) is 18.2. The highest BCUT2D eigenvalue weighted by molar-refractivity contribution is 6.31. The van der Waals surface area contributed by atoms with Crippen LogP contribution in [0.1, 0.15) is 58.8 Å². The van der Waals surface area contributed by atoms with Crippen molar-refractivity contribution in [2.75, 3.05) is 112 Å². The largest absolute Gasteiger partial charge is 0.494 e. The van der Waals surface area contributed by atoms with E-state index >= 15 is 0 Å². The van der Waals surface area contributed by atoms with E-state index < -0.39 is 17.6 Å². The molecule has 0 aliphatic rings. The molecule has 1 unspecified atom stereocenters. The first-order chi connectivity index (χ1) is 37.8. The maximum atomic E-state index is 14.2. The fraction of sp³-hybridized carbons (Fsp3) is 0.450. The molecule has 6 aromatic rings. The lowest BCUT2D eigenvalue weighted by atomic mass is 9.79. The number of unbranched alkanes of at least 4 members (excludes halogenated alkanes) is 1. The topological polar surface area (TPSA) is 192 Å². The lowest BCUT2D eigenvalue weighted by Crippen LogP contribution is -2.43. The molecule has 2 atom stereocenters. The number of hydrogen-bond acceptors (Lipinski definition) is 15. The zero-order valence-corrected chi connectivity index (χ0v) is 45.6. The molecule has 0 aliphatic carbocycles. The molecule has 416 valence electrons. The van der Waals surface area contributed by atoms with Crippen LogP contribution in [0.25, 0.3) is 11.1 Å². The molecule has 6 rings (SSSR count). The number of hydrogen-bond donors (Lipinski definition) is 2. The maximum absolute atomic E-state index is 14.2. The van der Waals surface area contributed by atoms with Crippen molar-refractivity contribution in [1.82, 2.24) is 15.0 Å². The van der Waals surface area contributed by atoms with Gasteiger partial charge in [-0.25, -0.2) is 0 Å². The summed E-state index contributed by atoms with van der Waals surface area (Å²) in [6.07, 6.45) is 4.78. The molecule has 0 radical (unpaired) electrons. The molecule has 0 saturated carbocycles. The Balaban J connectivity index is 0.821. The van der Waals surface area contributed by atoms with Crippen molar-refractivity contribution in [3.63, 3.8) is 0 Å². The molecule has 0 amide bonds. The van der Waals surface area contributed by atoms with Gasteiger partial charge in [0.05, 0.1) is 119 Å². The Morgan fingerprint density at radius 3 is 1.78 bits per heavy atom. The van der Waals surface area contributed by atoms with Gasteiger partial charge in [-0.15, -0.1) is 5.10 Å². The second kappa shape index (κ2) is 35.0. The van der Waals surface area contributed by atoms with E-state index in [-0.39, 0.29) is 6.42 Å². The van der Waals surface area contributed by atoms with Crippen molar-refractivity contribution < 1.29 is 52.2 Å². The van der Waals surface area contributed by atoms with Crippen molar-refractivity contribution >= 4 is 17.6 Å². The van der Waals surface area contributed by atoms with Crippen LogP contribution < -0.4 is 16.2 Å². The van der Waals surface area contributed by atoms with Gasteiger partial charge in [0, 0.05) is 34.8 Å². The molecule has 17 heteroatoms. The summed E-state index contributed by atoms with van der Waals surface area (Å²) in [4.78, 5) is 14.2. The number of aryl methyl sites for hydroxylation is 3. The Hall–Kier alpha value is -5.60. The number of nitrogens with two attached hydrogens (primary N) is 2. The maximum Gasteiger partial charge on any atom is 0.324 e. The van der Waals surface area contributed by atoms with Gasteiger partial charge in [-0.1, -0.05) is 132 Å². The molecule has 0 aliphatic heterocycles. The van der Waals surface area contributed by atoms with Crippen molar-refractivity contribution in [3.05, 3.63) is 172 Å². The van der Waals surface area contributed by atoms with Crippen LogP contribution in [0.2, 0.25) is 5.02 Å². The average molecular weight is 1080 g/mol. The molecule has 1 aromatic heterocycles. The molecule has 4 N–H and O–H groups in total. The Labute approximate surface area is 459 Å². The summed E-state index contributed by atoms with van der Waals surface area (Å²) >= 11 is 6.88. The number of carbonyl (C=O) groups excluding carboxylic acids is 1. The highest BCUT2D eigenvalue weighted by atomic mass is 35.5. The fourth-order valence-corrected chi connectivity index (χ4v) is 8.62. The number of nitrogens with zero attached hydrogens (tertiary/aromatic N) is 3. The Kier molecular flexibility index (Phi) is 27.6. The highest BCUT2D eigenvalue weighted by Crippen LogP contribution is 2.44. The van der Waals surface area contributed by atoms with Gasteiger partial charge in [0.25, 0.3) is 0 Å². The van der Waals surface area contributed by atoms with E-state index in [1.54, 1.807) is 0 Å². The van der Waals surface area contributed by atoms with Crippen LogP contribution in [0.15, 0.2) is 128 Å². The number of benzene rings is 5. The van der Waals surface area contributed by atoms with Gasteiger partial charge in [0.1, 0.15) is 17.5 Å². The van der Waals surface area contributed by atoms with Crippen LogP contribution in [0.3, 0.4) is 0 Å². The molecule has 0 bridgehead atoms. The van der Waals surface area contributed by atoms with Gasteiger partial charge in [0.15, 0.2) is 5.60 Å². The first kappa shape index (κ1) is 60.6. The highest BCUT2D eigenvalue weighted by Gasteiger charge is 2.43. The zero-order chi connectivity index (χ0) is 54.2. The first-order valence-corrected chi connectivity index (χ1v) is 27.1. The van der Waals surface area contributed by atoms with E-state index in [1.165, 1.54) is 5.56 Å². The summed E-state index contributed by atoms with van der Waals surface area (Å²) < 4.78 is 58.7. The third-order valence-electron chi connectivity index (χ3n) is 12.4. The smallest absolute Gasteiger partial charge is 0.324 e. The quantitative estimate of drug-likeness (QED) is 0.0212. The number of ether oxygens (including phenoxy) is 10. The van der Waals surface area contributed by atoms with E-state index in [4.69, 9.17) is 70.4 Å². The molecule has 0 spiro atoms. The second-order valence-corrected chi connectivity index (χ2v) is 18.6. The van der Waals surface area contributed by atoms with Crippen LogP contribution in [-0.2, 0) is 79.0 Å². The Morgan fingerprint density at radius 2 is 1.19 bits per heavy atom. The molecule has 0 saturated heterocycles. The average Bonchev–Trinajstić information content (AvgIpc) is 3.93. The third-order valence-corrected chi connectivity index (χ3v) is 12.7. The van der Waals surface area contributed by atoms with E-state index in [0.29, 0.717) is 129 Å². The number of halogens is 1. The van der Waals surface area contributed by atoms with E-state index in [0.717, 1.165) is 70.6 Å². The molecule has 16 nitrogen and oxygen atoms in total. The minimum Gasteiger partial charge on any atom is -0.494 e. The number of aromatic nitrogens is 3. The van der Waals surface area contributed by atoms with Crippen molar-refractivity contribution in [1.29, 1.82) is 0 Å². The van der Waals surface area contributed by atoms with Crippen molar-refractivity contribution in [3.8, 4) is 16.9 Å². The summed E-state index contributed by atoms with van der Waals surface area (Å²) in [7, 11) is 0. The summed E-state index contributed by atoms with van der Waals surface area (Å²) in [5.41, 5.74) is 19.0. The lowest BCUT2D eigenvalue weighted by molar-refractivity contribution is -0.155. The van der Waals surface area contributed by atoms with Gasteiger partial charge in [-0.05, 0) is 73.1 Å². The summed E-state index contributed by atoms with van der Waals surface area (Å²) in [5.74, 6) is 0.296. The minimum absolute atomic E-state index is 0.288. The summed E-state index contributed by atoms with van der Waals surface area (Å²) in [6.45, 7) is 13.8. The molecule has 77 heavy (non-hydrogen) atoms. The number of rotatable bonds is 40. The predicted octanol–water partition coefficient (Wildman–Crippen LogP) is 8.33. The van der Waals surface area contributed by atoms with Gasteiger partial charge < -0.3 is 58.8 Å². The predicted molar refractivity (Wildman–Crippen MR) is 297 cm³/mol. The van der Waals surface area contributed by atoms with Crippen LogP contribution in [0.5, 0.6) is 5.75 Å². The SMILES string of the molecule is CCc1cc(OCCCCn2cc(COCCOCCOCCOCCOCCOCCOCCOCCN)nn2)ccc1-c1ccc(C[C@H](N)C(=O)OC(c2ccccc2)(c2ccc(C)cc2)c2ccccc2Cl)cc1. The van der Waals surface area contributed by atoms with E-state index in [2.05, 4.69) is 41.5 Å². The molecular formula is C60H78ClN5O11. The van der Waals surface area contributed by atoms with E-state index in [1.807, 2.05) is 115 Å². The van der Waals surface area contributed by atoms with Crippen LogP contribution >= 0.6 is 11.6 Å². The summed E-state index contributed by atoms with van der Waals surface area (Å²) in [6, 6.07) is 38.6. The monoisotopic (exact) mass is 1080 g/mol. The normalized spacial score (nSPS) is 12.6. The van der Waals surface area contributed by atoms with Crippen LogP contribution in [0.4, 0.5) is 0 Å². The lowest BCUT2D eigenvalue weighted by Gasteiger charge is -2.36. The van der Waals surface area contributed by atoms with Crippen LogP contribution in [0, 0.1) is 6.92 Å². The number of carbonyl (C=O) groups is 1. The Morgan fingerprint density at radius 1 is 0.636 bits per heavy atom. The van der Waals surface area contributed by atoms with E-state index in [9.17, 15) is 4.79 Å². The third kappa shape index (κ3) is 20.6. The molecule has 0 fully saturated rings. The first-order valence-electron chi connectivity index (χ1n) is 26.7. The van der Waals surface area contributed by atoms with Gasteiger partial charge in [0.2, 0.25) is 0 Å². The van der Waals surface area contributed by atoms with Gasteiger partial charge >= 0.3 is 5.97 Å². The zero-order valence-electron chi connectivity index (χ0n) is 44.8. The van der Waals surface area contributed by atoms with Gasteiger partial charge in [-0.2, -0.15) is 0 Å². The standard InChI is InChI=1S/C60H78ClN5O11/c1-3-49-44-54(76-27-10-9-26-66-45-53(64-65-66)46-75-42-41-74-40-39-73-38-37-72-36-35-71-34-33-70-32-31-69-30-29-68-28-25-62)23-24-55(49)50-19-17-48(18-20-50)43-58(63)59(67)77-60(51-11-5-4-6-12-51,52-21-15-47(2)16-22-52)56-13-7-8-14-57(56)61/h4-8,11-24,44-45,58H,3,9-10,25-43,46,62-63H2,1-2H3/t58-,60?/m0/s1. The minimum atomic E-state index is -1.33. The molecular weight excluding hydrogens is 1000 g/mol. The van der Waals surface area contributed by atoms with Crippen LogP contribution in [-0.4, -0.2) is 139 Å². The molecule has 1 heterocycles. The van der Waals surface area contributed by atoms with Crippen molar-refractivity contribution in [2.24, 2.45) is 11.5 Å². The summed E-state index contributed by atoms with van der Waals surface area (Å²) in [5, 5.41) is 8.98. The number of esters is 1.